The van der Waals surface area contributed by atoms with Gasteiger partial charge in [-0.3, -0.25) is 0 Å². The SMILES string of the molecule is CCCCC(Cl)C1CCCCO1.Cl. The Hall–Kier alpha value is 0.540. The number of rotatable bonds is 4. The van der Waals surface area contributed by atoms with E-state index in [1.165, 1.54) is 25.7 Å². The van der Waals surface area contributed by atoms with Crippen LogP contribution in [0.5, 0.6) is 0 Å². The van der Waals surface area contributed by atoms with E-state index in [2.05, 4.69) is 6.92 Å². The van der Waals surface area contributed by atoms with Gasteiger partial charge in [0.1, 0.15) is 0 Å². The van der Waals surface area contributed by atoms with Crippen LogP contribution in [0.1, 0.15) is 45.4 Å². The Balaban J connectivity index is 0.00000144. The second-order valence-corrected chi connectivity index (χ2v) is 4.12. The summed E-state index contributed by atoms with van der Waals surface area (Å²) in [5.74, 6) is 0. The van der Waals surface area contributed by atoms with E-state index in [4.69, 9.17) is 16.3 Å². The highest BCUT2D eigenvalue weighted by Gasteiger charge is 2.21. The van der Waals surface area contributed by atoms with Gasteiger partial charge in [-0.15, -0.1) is 24.0 Å². The molecular formula is C10H20Cl2O. The first kappa shape index (κ1) is 13.5. The smallest absolute Gasteiger partial charge is 0.0738 e. The molecule has 0 aromatic carbocycles. The van der Waals surface area contributed by atoms with Crippen LogP contribution in [0.3, 0.4) is 0 Å². The number of unbranched alkanes of at least 4 members (excludes halogenated alkanes) is 1. The predicted molar refractivity (Wildman–Crippen MR) is 60.0 cm³/mol. The highest BCUT2D eigenvalue weighted by molar-refractivity contribution is 6.21. The van der Waals surface area contributed by atoms with Crippen molar-refractivity contribution in [3.05, 3.63) is 0 Å². The maximum Gasteiger partial charge on any atom is 0.0738 e. The zero-order valence-corrected chi connectivity index (χ0v) is 9.87. The lowest BCUT2D eigenvalue weighted by atomic mass is 10.0. The van der Waals surface area contributed by atoms with Crippen molar-refractivity contribution in [3.63, 3.8) is 0 Å². The normalized spacial score (nSPS) is 24.9. The largest absolute Gasteiger partial charge is 0.377 e. The molecule has 13 heavy (non-hydrogen) atoms. The minimum atomic E-state index is 0. The first-order valence-electron chi connectivity index (χ1n) is 5.10. The van der Waals surface area contributed by atoms with Gasteiger partial charge in [0, 0.05) is 6.61 Å². The van der Waals surface area contributed by atoms with E-state index in [1.807, 2.05) is 0 Å². The minimum Gasteiger partial charge on any atom is -0.377 e. The Labute approximate surface area is 92.6 Å². The first-order valence-corrected chi connectivity index (χ1v) is 5.54. The van der Waals surface area contributed by atoms with Gasteiger partial charge in [0.2, 0.25) is 0 Å². The standard InChI is InChI=1S/C10H19ClO.ClH/c1-2-3-6-9(11)10-7-4-5-8-12-10;/h9-10H,2-8H2,1H3;1H. The van der Waals surface area contributed by atoms with Gasteiger partial charge in [0.15, 0.2) is 0 Å². The third-order valence-electron chi connectivity index (χ3n) is 2.45. The van der Waals surface area contributed by atoms with Crippen molar-refractivity contribution in [2.45, 2.75) is 56.9 Å². The molecule has 1 aliphatic heterocycles. The number of hydrogen-bond donors (Lipinski definition) is 0. The van der Waals surface area contributed by atoms with Gasteiger partial charge >= 0.3 is 0 Å². The molecule has 0 radical (unpaired) electrons. The topological polar surface area (TPSA) is 9.23 Å². The molecule has 0 amide bonds. The van der Waals surface area contributed by atoms with Crippen molar-refractivity contribution in [1.82, 2.24) is 0 Å². The Morgan fingerprint density at radius 1 is 1.46 bits per heavy atom. The van der Waals surface area contributed by atoms with Gasteiger partial charge in [-0.2, -0.15) is 0 Å². The molecule has 0 saturated carbocycles. The van der Waals surface area contributed by atoms with Crippen LogP contribution in [0.4, 0.5) is 0 Å². The van der Waals surface area contributed by atoms with E-state index >= 15 is 0 Å². The van der Waals surface area contributed by atoms with Crippen LogP contribution in [0.15, 0.2) is 0 Å². The fourth-order valence-electron chi connectivity index (χ4n) is 1.64. The van der Waals surface area contributed by atoms with Gasteiger partial charge in [0.05, 0.1) is 11.5 Å². The minimum absolute atomic E-state index is 0. The van der Waals surface area contributed by atoms with Gasteiger partial charge in [-0.1, -0.05) is 19.8 Å². The summed E-state index contributed by atoms with van der Waals surface area (Å²) < 4.78 is 5.60. The molecule has 1 saturated heterocycles. The lowest BCUT2D eigenvalue weighted by Crippen LogP contribution is -2.28. The molecular weight excluding hydrogens is 207 g/mol. The van der Waals surface area contributed by atoms with Crippen LogP contribution < -0.4 is 0 Å². The molecule has 0 spiro atoms. The molecule has 1 aliphatic rings. The lowest BCUT2D eigenvalue weighted by Gasteiger charge is -2.26. The Bertz CT molecular complexity index is 113. The van der Waals surface area contributed by atoms with Crippen molar-refractivity contribution < 1.29 is 4.74 Å². The van der Waals surface area contributed by atoms with E-state index in [0.717, 1.165) is 19.4 Å². The number of hydrogen-bond acceptors (Lipinski definition) is 1. The van der Waals surface area contributed by atoms with Crippen molar-refractivity contribution in [1.29, 1.82) is 0 Å². The van der Waals surface area contributed by atoms with Crippen molar-refractivity contribution in [3.8, 4) is 0 Å². The quantitative estimate of drug-likeness (QED) is 0.664. The van der Waals surface area contributed by atoms with Gasteiger partial charge < -0.3 is 4.74 Å². The van der Waals surface area contributed by atoms with Crippen LogP contribution >= 0.6 is 24.0 Å². The van der Waals surface area contributed by atoms with Crippen molar-refractivity contribution in [2.75, 3.05) is 6.61 Å². The molecule has 0 aliphatic carbocycles. The molecule has 80 valence electrons. The van der Waals surface area contributed by atoms with E-state index < -0.39 is 0 Å². The predicted octanol–water partition coefficient (Wildman–Crippen LogP) is 3.77. The van der Waals surface area contributed by atoms with Crippen molar-refractivity contribution >= 4 is 24.0 Å². The lowest BCUT2D eigenvalue weighted by molar-refractivity contribution is 0.0124. The second kappa shape index (κ2) is 7.90. The zero-order chi connectivity index (χ0) is 8.81. The molecule has 1 heterocycles. The molecule has 2 unspecified atom stereocenters. The number of halogens is 2. The molecule has 0 aromatic rings. The Morgan fingerprint density at radius 2 is 2.23 bits per heavy atom. The molecule has 1 rings (SSSR count). The van der Waals surface area contributed by atoms with Crippen molar-refractivity contribution in [2.24, 2.45) is 0 Å². The summed E-state index contributed by atoms with van der Waals surface area (Å²) in [4.78, 5) is 0. The van der Waals surface area contributed by atoms with Crippen LogP contribution in [0.25, 0.3) is 0 Å². The summed E-state index contributed by atoms with van der Waals surface area (Å²) in [5, 5.41) is 0.255. The molecule has 1 fully saturated rings. The monoisotopic (exact) mass is 226 g/mol. The maximum atomic E-state index is 6.21. The third-order valence-corrected chi connectivity index (χ3v) is 2.95. The molecule has 0 aromatic heterocycles. The van der Waals surface area contributed by atoms with Crippen LogP contribution in [-0.4, -0.2) is 18.1 Å². The summed E-state index contributed by atoms with van der Waals surface area (Å²) >= 11 is 6.21. The average molecular weight is 227 g/mol. The van der Waals surface area contributed by atoms with Gasteiger partial charge in [-0.05, 0) is 25.7 Å². The zero-order valence-electron chi connectivity index (χ0n) is 8.30. The van der Waals surface area contributed by atoms with E-state index in [0.29, 0.717) is 6.10 Å². The fourth-order valence-corrected chi connectivity index (χ4v) is 1.99. The summed E-state index contributed by atoms with van der Waals surface area (Å²) in [6.07, 6.45) is 7.59. The number of alkyl halides is 1. The fraction of sp³-hybridized carbons (Fsp3) is 1.00. The molecule has 0 N–H and O–H groups in total. The van der Waals surface area contributed by atoms with E-state index in [-0.39, 0.29) is 17.8 Å². The summed E-state index contributed by atoms with van der Waals surface area (Å²) in [6, 6.07) is 0. The summed E-state index contributed by atoms with van der Waals surface area (Å²) in [5.41, 5.74) is 0. The highest BCUT2D eigenvalue weighted by atomic mass is 35.5. The summed E-state index contributed by atoms with van der Waals surface area (Å²) in [6.45, 7) is 3.12. The van der Waals surface area contributed by atoms with Crippen LogP contribution in [0.2, 0.25) is 0 Å². The highest BCUT2D eigenvalue weighted by Crippen LogP contribution is 2.22. The maximum absolute atomic E-state index is 6.21. The van der Waals surface area contributed by atoms with Crippen LogP contribution in [-0.2, 0) is 4.74 Å². The molecule has 1 nitrogen and oxygen atoms in total. The second-order valence-electron chi connectivity index (χ2n) is 3.56. The van der Waals surface area contributed by atoms with Gasteiger partial charge in [0.25, 0.3) is 0 Å². The summed E-state index contributed by atoms with van der Waals surface area (Å²) in [7, 11) is 0. The van der Waals surface area contributed by atoms with E-state index in [1.54, 1.807) is 0 Å². The van der Waals surface area contributed by atoms with E-state index in [9.17, 15) is 0 Å². The first-order chi connectivity index (χ1) is 5.84. The Kier molecular flexibility index (Phi) is 8.23. The third kappa shape index (κ3) is 5.09. The number of ether oxygens (including phenoxy) is 1. The molecule has 0 bridgehead atoms. The average Bonchev–Trinajstić information content (AvgIpc) is 2.15. The molecule has 2 atom stereocenters. The van der Waals surface area contributed by atoms with Gasteiger partial charge in [-0.25, -0.2) is 0 Å². The van der Waals surface area contributed by atoms with Crippen LogP contribution in [0, 0.1) is 0 Å². The Morgan fingerprint density at radius 3 is 2.77 bits per heavy atom. The molecule has 3 heteroatoms.